The van der Waals surface area contributed by atoms with Gasteiger partial charge in [0.2, 0.25) is 0 Å². The first kappa shape index (κ1) is 46.9. The van der Waals surface area contributed by atoms with E-state index in [9.17, 15) is 0 Å². The number of unbranched alkanes of at least 4 members (excludes halogenated alkanes) is 27. The van der Waals surface area contributed by atoms with E-state index in [0.29, 0.717) is 13.2 Å². The van der Waals surface area contributed by atoms with Crippen LogP contribution < -0.4 is 5.32 Å². The van der Waals surface area contributed by atoms with Gasteiger partial charge in [-0.2, -0.15) is 0 Å². The van der Waals surface area contributed by atoms with Crippen LogP contribution in [0, 0.1) is 0 Å². The van der Waals surface area contributed by atoms with Crippen LogP contribution in [0.5, 0.6) is 0 Å². The molecule has 0 bridgehead atoms. The van der Waals surface area contributed by atoms with Crippen LogP contribution in [-0.2, 0) is 18.9 Å². The fourth-order valence-corrected chi connectivity index (χ4v) is 10.9. The molecule has 0 saturated heterocycles. The number of fused-ring (bicyclic) bond motifs is 3. The van der Waals surface area contributed by atoms with Crippen molar-refractivity contribution in [2.45, 2.75) is 219 Å². The molecule has 0 aliphatic heterocycles. The minimum Gasteiger partial charge on any atom is -0.307 e. The molecule has 0 saturated carbocycles. The Labute approximate surface area is 334 Å². The lowest BCUT2D eigenvalue weighted by Gasteiger charge is -2.39. The Morgan fingerprint density at radius 3 is 1.06 bits per heavy atom. The predicted octanol–water partition coefficient (Wildman–Crippen LogP) is 16.4. The van der Waals surface area contributed by atoms with Crippen LogP contribution in [0.3, 0.4) is 0 Å². The van der Waals surface area contributed by atoms with Gasteiger partial charge in [-0.25, -0.2) is 0 Å². The molecule has 0 amide bonds. The monoisotopic (exact) mass is 766 g/mol. The van der Waals surface area contributed by atoms with Crippen LogP contribution in [0.15, 0.2) is 48.5 Å². The second-order valence-electron chi connectivity index (χ2n) is 16.4. The first-order valence-electron chi connectivity index (χ1n) is 23.5. The van der Waals surface area contributed by atoms with Crippen LogP contribution in [0.2, 0.25) is 0 Å². The lowest BCUT2D eigenvalue weighted by Crippen LogP contribution is -2.43. The van der Waals surface area contributed by atoms with Gasteiger partial charge in [-0.15, -0.1) is 0 Å². The summed E-state index contributed by atoms with van der Waals surface area (Å²) in [5, 5.41) is 2.84. The highest BCUT2D eigenvalue weighted by Crippen LogP contribution is 2.71. The van der Waals surface area contributed by atoms with Gasteiger partial charge in [-0.1, -0.05) is 243 Å². The molecule has 54 heavy (non-hydrogen) atoms. The number of benzene rings is 2. The van der Waals surface area contributed by atoms with E-state index in [1.807, 2.05) is 0 Å². The smallest absolute Gasteiger partial charge is 0.307 e. The summed E-state index contributed by atoms with van der Waals surface area (Å²) >= 11 is 0. The Hall–Kier alpha value is -1.45. The van der Waals surface area contributed by atoms with Crippen LogP contribution in [0.1, 0.15) is 225 Å². The zero-order valence-corrected chi connectivity index (χ0v) is 36.5. The molecule has 0 heterocycles. The zero-order valence-electron chi connectivity index (χ0n) is 35.6. The summed E-state index contributed by atoms with van der Waals surface area (Å²) in [6.45, 7) is 8.49. The van der Waals surface area contributed by atoms with E-state index < -0.39 is 12.9 Å². The molecule has 0 spiro atoms. The van der Waals surface area contributed by atoms with E-state index in [-0.39, 0.29) is 0 Å². The maximum Gasteiger partial charge on any atom is 0.359 e. The second-order valence-corrected chi connectivity index (χ2v) is 18.6. The summed E-state index contributed by atoms with van der Waals surface area (Å²) in [4.78, 5) is 0. The molecule has 0 aromatic heterocycles. The summed E-state index contributed by atoms with van der Waals surface area (Å²) < 4.78 is 28.9. The molecule has 1 aliphatic rings. The predicted molar refractivity (Wildman–Crippen MR) is 236 cm³/mol. The zero-order chi connectivity index (χ0) is 38.4. The first-order chi connectivity index (χ1) is 26.6. The van der Waals surface area contributed by atoms with Gasteiger partial charge >= 0.3 is 7.60 Å². The molecule has 0 unspecified atom stereocenters. The summed E-state index contributed by atoms with van der Waals surface area (Å²) in [5.74, 6) is 0. The topological polar surface area (TPSA) is 47.6 Å². The van der Waals surface area contributed by atoms with Crippen LogP contribution in [0.25, 0.3) is 11.1 Å². The highest BCUT2D eigenvalue weighted by Gasteiger charge is 2.58. The van der Waals surface area contributed by atoms with E-state index in [1.54, 1.807) is 0 Å². The largest absolute Gasteiger partial charge is 0.359 e. The van der Waals surface area contributed by atoms with Gasteiger partial charge in [-0.3, -0.25) is 9.88 Å². The molecular weight excluding hydrogens is 682 g/mol. The van der Waals surface area contributed by atoms with Gasteiger partial charge in [0.15, 0.2) is 5.28 Å². The Balaban J connectivity index is 1.51. The average molecular weight is 766 g/mol. The molecule has 0 radical (unpaired) electrons. The van der Waals surface area contributed by atoms with Gasteiger partial charge < -0.3 is 9.05 Å². The second kappa shape index (κ2) is 29.7. The van der Waals surface area contributed by atoms with Gasteiger partial charge in [-0.05, 0) is 48.1 Å². The standard InChI is InChI=1S/C49H84NO3P/c1-4-7-10-12-14-16-18-20-22-24-26-28-30-36-43-52-54(51,53-44-37-31-29-27-25-23-21-19-17-15-13-11-8-5-2)49(50-42-9-6-3)47-40-34-32-38-45(47)46-39-33-35-41-48(46)49/h32-35,38-41,50H,4-31,36-37,42-44H2,1-3H3. The van der Waals surface area contributed by atoms with Gasteiger partial charge in [0.25, 0.3) is 0 Å². The van der Waals surface area contributed by atoms with E-state index in [1.165, 1.54) is 154 Å². The lowest BCUT2D eigenvalue weighted by atomic mass is 10.0. The minimum atomic E-state index is -3.69. The first-order valence-corrected chi connectivity index (χ1v) is 25.0. The molecule has 1 N–H and O–H groups in total. The molecule has 4 nitrogen and oxygen atoms in total. The Morgan fingerprint density at radius 2 is 0.722 bits per heavy atom. The molecule has 2 aromatic carbocycles. The summed E-state index contributed by atoms with van der Waals surface area (Å²) in [6.07, 6.45) is 38.8. The third kappa shape index (κ3) is 16.2. The van der Waals surface area contributed by atoms with Crippen LogP contribution >= 0.6 is 7.60 Å². The van der Waals surface area contributed by atoms with Crippen molar-refractivity contribution in [1.82, 2.24) is 5.32 Å². The average Bonchev–Trinajstić information content (AvgIpc) is 3.49. The summed E-state index contributed by atoms with van der Waals surface area (Å²) in [7, 11) is -3.69. The third-order valence-electron chi connectivity index (χ3n) is 11.8. The highest BCUT2D eigenvalue weighted by molar-refractivity contribution is 7.55. The quantitative estimate of drug-likeness (QED) is 0.0550. The van der Waals surface area contributed by atoms with Crippen molar-refractivity contribution >= 4 is 7.60 Å². The SMILES string of the molecule is CCCCCCCCCCCCCCCCOP(=O)(OCCCCCCCCCCCCCCCC)C1(NCCCC)c2ccccc2-c2ccccc21. The Bertz CT molecular complexity index is 1160. The van der Waals surface area contributed by atoms with Crippen molar-refractivity contribution in [1.29, 1.82) is 0 Å². The maximum absolute atomic E-state index is 15.6. The van der Waals surface area contributed by atoms with Gasteiger partial charge in [0.1, 0.15) is 0 Å². The molecule has 0 fully saturated rings. The van der Waals surface area contributed by atoms with Gasteiger partial charge in [0.05, 0.1) is 13.2 Å². The van der Waals surface area contributed by atoms with Crippen molar-refractivity contribution in [2.24, 2.45) is 0 Å². The maximum atomic E-state index is 15.6. The van der Waals surface area contributed by atoms with E-state index in [4.69, 9.17) is 9.05 Å². The Kier molecular flexibility index (Phi) is 25.8. The Morgan fingerprint density at radius 1 is 0.426 bits per heavy atom. The summed E-state index contributed by atoms with van der Waals surface area (Å²) in [6, 6.07) is 17.0. The molecule has 1 aliphatic carbocycles. The normalized spacial score (nSPS) is 13.4. The molecule has 5 heteroatoms. The van der Waals surface area contributed by atoms with Crippen molar-refractivity contribution < 1.29 is 13.6 Å². The van der Waals surface area contributed by atoms with E-state index in [0.717, 1.165) is 67.3 Å². The molecule has 3 rings (SSSR count). The lowest BCUT2D eigenvalue weighted by molar-refractivity contribution is 0.175. The van der Waals surface area contributed by atoms with Crippen molar-refractivity contribution in [3.05, 3.63) is 59.7 Å². The van der Waals surface area contributed by atoms with Crippen LogP contribution in [0.4, 0.5) is 0 Å². The van der Waals surface area contributed by atoms with Gasteiger partial charge in [0, 0.05) is 0 Å². The van der Waals surface area contributed by atoms with E-state index >= 15 is 4.57 Å². The number of rotatable bonds is 37. The highest BCUT2D eigenvalue weighted by atomic mass is 31.2. The minimum absolute atomic E-state index is 0.468. The van der Waals surface area contributed by atoms with Crippen LogP contribution in [-0.4, -0.2) is 19.8 Å². The number of hydrogen-bond acceptors (Lipinski definition) is 4. The van der Waals surface area contributed by atoms with Crippen molar-refractivity contribution in [3.63, 3.8) is 0 Å². The fraction of sp³-hybridized carbons (Fsp3) is 0.755. The number of nitrogens with one attached hydrogen (secondary N) is 1. The fourth-order valence-electron chi connectivity index (χ4n) is 8.43. The third-order valence-corrected chi connectivity index (χ3v) is 14.3. The molecule has 2 aromatic rings. The van der Waals surface area contributed by atoms with E-state index in [2.05, 4.69) is 74.6 Å². The van der Waals surface area contributed by atoms with Crippen molar-refractivity contribution in [3.8, 4) is 11.1 Å². The molecular formula is C49H84NO3P. The molecule has 0 atom stereocenters. The van der Waals surface area contributed by atoms with Crippen molar-refractivity contribution in [2.75, 3.05) is 19.8 Å². The number of hydrogen-bond donors (Lipinski definition) is 1. The summed E-state index contributed by atoms with van der Waals surface area (Å²) in [5.41, 5.74) is 4.34. The molecule has 308 valence electrons.